The molecule has 0 saturated carbocycles. The van der Waals surface area contributed by atoms with Crippen molar-refractivity contribution < 1.29 is 5.21 Å². The van der Waals surface area contributed by atoms with Gasteiger partial charge in [0.2, 0.25) is 0 Å². The first-order valence-corrected chi connectivity index (χ1v) is 4.31. The second-order valence-electron chi connectivity index (χ2n) is 2.93. The highest BCUT2D eigenvalue weighted by Crippen LogP contribution is 2.03. The van der Waals surface area contributed by atoms with Gasteiger partial charge in [-0.15, -0.1) is 0 Å². The lowest BCUT2D eigenvalue weighted by atomic mass is 10.1. The van der Waals surface area contributed by atoms with Crippen molar-refractivity contribution in [2.45, 2.75) is 12.5 Å². The van der Waals surface area contributed by atoms with E-state index in [1.807, 2.05) is 30.3 Å². The van der Waals surface area contributed by atoms with Crippen molar-refractivity contribution in [1.82, 2.24) is 5.48 Å². The van der Waals surface area contributed by atoms with Crippen molar-refractivity contribution in [3.8, 4) is 0 Å². The second kappa shape index (κ2) is 5.99. The third kappa shape index (κ3) is 3.45. The van der Waals surface area contributed by atoms with Crippen molar-refractivity contribution in [3.63, 3.8) is 0 Å². The van der Waals surface area contributed by atoms with Gasteiger partial charge in [-0.25, -0.2) is 5.48 Å². The number of hydroxylamine groups is 1. The summed E-state index contributed by atoms with van der Waals surface area (Å²) in [6.07, 6.45) is 0.635. The summed E-state index contributed by atoms with van der Waals surface area (Å²) in [5.41, 5.74) is 11.3. The van der Waals surface area contributed by atoms with Crippen molar-refractivity contribution >= 4 is 0 Å². The minimum atomic E-state index is -0.228. The molecule has 0 heterocycles. The maximum Gasteiger partial charge on any atom is 0.0438 e. The molecule has 0 aromatic heterocycles. The highest BCUT2D eigenvalue weighted by Gasteiger charge is 2.05. The standard InChI is InChI=1S/C9H12N4O/c10-13-11-7-9(12-14)6-8-4-2-1-3-5-8/h1-5,9,12,14H,6-7H2. The van der Waals surface area contributed by atoms with Crippen LogP contribution in [0.3, 0.4) is 0 Å². The number of hydrogen-bond acceptors (Lipinski definition) is 3. The van der Waals surface area contributed by atoms with Crippen LogP contribution < -0.4 is 5.48 Å². The zero-order valence-corrected chi connectivity index (χ0v) is 7.67. The summed E-state index contributed by atoms with van der Waals surface area (Å²) in [6.45, 7) is 0.238. The predicted molar refractivity (Wildman–Crippen MR) is 52.9 cm³/mol. The third-order valence-corrected chi connectivity index (χ3v) is 1.87. The molecule has 0 radical (unpaired) electrons. The van der Waals surface area contributed by atoms with Crippen LogP contribution in [0.1, 0.15) is 5.56 Å². The zero-order chi connectivity index (χ0) is 10.2. The number of azide groups is 1. The lowest BCUT2D eigenvalue weighted by molar-refractivity contribution is 0.128. The van der Waals surface area contributed by atoms with Gasteiger partial charge in [0.1, 0.15) is 0 Å². The van der Waals surface area contributed by atoms with Crippen LogP contribution in [0.5, 0.6) is 0 Å². The molecule has 0 saturated heterocycles. The minimum Gasteiger partial charge on any atom is -0.317 e. The Hall–Kier alpha value is -1.55. The molecule has 0 aliphatic heterocycles. The average Bonchev–Trinajstić information content (AvgIpc) is 2.25. The van der Waals surface area contributed by atoms with Crippen LogP contribution in [0.4, 0.5) is 0 Å². The number of rotatable bonds is 5. The van der Waals surface area contributed by atoms with Gasteiger partial charge >= 0.3 is 0 Å². The molecule has 2 N–H and O–H groups in total. The smallest absolute Gasteiger partial charge is 0.0438 e. The van der Waals surface area contributed by atoms with E-state index in [1.165, 1.54) is 0 Å². The van der Waals surface area contributed by atoms with Gasteiger partial charge in [-0.3, -0.25) is 0 Å². The Kier molecular flexibility index (Phi) is 4.50. The number of nitrogens with zero attached hydrogens (tertiary/aromatic N) is 3. The Morgan fingerprint density at radius 2 is 2.14 bits per heavy atom. The summed E-state index contributed by atoms with van der Waals surface area (Å²) >= 11 is 0. The largest absolute Gasteiger partial charge is 0.317 e. The number of benzene rings is 1. The van der Waals surface area contributed by atoms with Crippen molar-refractivity contribution in [3.05, 3.63) is 46.3 Å². The summed E-state index contributed by atoms with van der Waals surface area (Å²) in [4.78, 5) is 2.64. The van der Waals surface area contributed by atoms with E-state index in [0.29, 0.717) is 6.42 Å². The van der Waals surface area contributed by atoms with Crippen LogP contribution in [-0.2, 0) is 6.42 Å². The summed E-state index contributed by atoms with van der Waals surface area (Å²) in [5.74, 6) is 0. The van der Waals surface area contributed by atoms with Gasteiger partial charge in [0.15, 0.2) is 0 Å². The molecule has 74 valence electrons. The molecule has 0 fully saturated rings. The predicted octanol–water partition coefficient (Wildman–Crippen LogP) is 1.89. The van der Waals surface area contributed by atoms with Crippen molar-refractivity contribution in [2.24, 2.45) is 5.11 Å². The maximum absolute atomic E-state index is 8.78. The quantitative estimate of drug-likeness (QED) is 0.323. The highest BCUT2D eigenvalue weighted by atomic mass is 16.5. The van der Waals surface area contributed by atoms with E-state index in [-0.39, 0.29) is 12.6 Å². The Morgan fingerprint density at radius 1 is 1.43 bits per heavy atom. The van der Waals surface area contributed by atoms with Gasteiger partial charge in [-0.1, -0.05) is 35.4 Å². The summed E-state index contributed by atoms with van der Waals surface area (Å²) in [7, 11) is 0. The first-order valence-electron chi connectivity index (χ1n) is 4.31. The lowest BCUT2D eigenvalue weighted by Crippen LogP contribution is -2.30. The topological polar surface area (TPSA) is 81.0 Å². The second-order valence-corrected chi connectivity index (χ2v) is 2.93. The van der Waals surface area contributed by atoms with E-state index in [4.69, 9.17) is 10.7 Å². The number of hydrogen-bond donors (Lipinski definition) is 2. The molecule has 5 heteroatoms. The highest BCUT2D eigenvalue weighted by molar-refractivity contribution is 5.15. The molecular formula is C9H12N4O. The fourth-order valence-electron chi connectivity index (χ4n) is 1.18. The molecule has 1 atom stereocenters. The fourth-order valence-corrected chi connectivity index (χ4v) is 1.18. The Balaban J connectivity index is 2.52. The van der Waals surface area contributed by atoms with E-state index >= 15 is 0 Å². The molecular weight excluding hydrogens is 180 g/mol. The average molecular weight is 192 g/mol. The van der Waals surface area contributed by atoms with Crippen LogP contribution >= 0.6 is 0 Å². The molecule has 1 aromatic carbocycles. The van der Waals surface area contributed by atoms with Gasteiger partial charge < -0.3 is 5.21 Å². The molecule has 0 aliphatic carbocycles. The van der Waals surface area contributed by atoms with Crippen molar-refractivity contribution in [2.75, 3.05) is 6.54 Å². The van der Waals surface area contributed by atoms with Crippen LogP contribution in [0.15, 0.2) is 35.4 Å². The summed E-state index contributed by atoms with van der Waals surface area (Å²) in [6, 6.07) is 9.47. The number of nitrogens with one attached hydrogen (secondary N) is 1. The zero-order valence-electron chi connectivity index (χ0n) is 7.67. The molecule has 1 aromatic rings. The Labute approximate surface area is 82.0 Å². The Morgan fingerprint density at radius 3 is 2.71 bits per heavy atom. The maximum atomic E-state index is 8.78. The molecule has 0 amide bonds. The molecule has 14 heavy (non-hydrogen) atoms. The van der Waals surface area contributed by atoms with Gasteiger partial charge in [0.05, 0.1) is 0 Å². The van der Waals surface area contributed by atoms with Crippen LogP contribution in [-0.4, -0.2) is 17.8 Å². The van der Waals surface area contributed by atoms with Crippen LogP contribution in [0, 0.1) is 0 Å². The van der Waals surface area contributed by atoms with E-state index in [9.17, 15) is 0 Å². The fraction of sp³-hybridized carbons (Fsp3) is 0.333. The first-order chi connectivity index (χ1) is 6.86. The van der Waals surface area contributed by atoms with Gasteiger partial charge in [0, 0.05) is 17.5 Å². The van der Waals surface area contributed by atoms with E-state index in [1.54, 1.807) is 0 Å². The van der Waals surface area contributed by atoms with E-state index in [0.717, 1.165) is 5.56 Å². The minimum absolute atomic E-state index is 0.228. The van der Waals surface area contributed by atoms with Gasteiger partial charge in [-0.05, 0) is 17.5 Å². The molecule has 5 nitrogen and oxygen atoms in total. The van der Waals surface area contributed by atoms with Gasteiger partial charge in [-0.2, -0.15) is 0 Å². The molecule has 0 bridgehead atoms. The normalized spacial score (nSPS) is 11.8. The SMILES string of the molecule is [N-]=[N+]=NCC(Cc1ccccc1)NO. The van der Waals surface area contributed by atoms with E-state index < -0.39 is 0 Å². The lowest BCUT2D eigenvalue weighted by Gasteiger charge is -2.11. The summed E-state index contributed by atoms with van der Waals surface area (Å²) < 4.78 is 0. The van der Waals surface area contributed by atoms with Crippen LogP contribution in [0.25, 0.3) is 10.4 Å². The van der Waals surface area contributed by atoms with Crippen molar-refractivity contribution in [1.29, 1.82) is 0 Å². The van der Waals surface area contributed by atoms with Gasteiger partial charge in [0.25, 0.3) is 0 Å². The summed E-state index contributed by atoms with van der Waals surface area (Å²) in [5, 5.41) is 12.2. The van der Waals surface area contributed by atoms with Crippen LogP contribution in [0.2, 0.25) is 0 Å². The monoisotopic (exact) mass is 192 g/mol. The van der Waals surface area contributed by atoms with E-state index in [2.05, 4.69) is 15.5 Å². The molecule has 0 aliphatic rings. The third-order valence-electron chi connectivity index (χ3n) is 1.87. The first kappa shape index (κ1) is 10.5. The Bertz CT molecular complexity index is 308. The molecule has 1 rings (SSSR count). The molecule has 0 spiro atoms. The molecule has 1 unspecified atom stereocenters.